The van der Waals surface area contributed by atoms with Crippen LogP contribution >= 0.6 is 0 Å². The number of anilines is 2. The molecule has 0 atom stereocenters. The molecule has 2 rings (SSSR count). The first-order chi connectivity index (χ1) is 11.0. The molecule has 2 aromatic rings. The number of pyridine rings is 1. The first-order valence-electron chi connectivity index (χ1n) is 6.86. The highest BCUT2D eigenvalue weighted by Crippen LogP contribution is 2.17. The molecular formula is C16H16N4O3. The number of aromatic nitrogens is 1. The Kier molecular flexibility index (Phi) is 5.03. The lowest BCUT2D eigenvalue weighted by atomic mass is 10.2. The van der Waals surface area contributed by atoms with E-state index < -0.39 is 17.7 Å². The maximum atomic E-state index is 12.2. The Labute approximate surface area is 133 Å². The fraction of sp³-hybridized carbons (Fsp3) is 0.125. The van der Waals surface area contributed by atoms with Crippen molar-refractivity contribution in [1.82, 2.24) is 10.3 Å². The number of hydrogen-bond acceptors (Lipinski definition) is 5. The van der Waals surface area contributed by atoms with E-state index in [0.29, 0.717) is 5.69 Å². The molecule has 0 unspecified atom stereocenters. The Hall–Kier alpha value is -3.22. The molecule has 7 nitrogen and oxygen atoms in total. The summed E-state index contributed by atoms with van der Waals surface area (Å²) in [5, 5.41) is 2.47. The van der Waals surface area contributed by atoms with E-state index in [1.54, 1.807) is 36.7 Å². The van der Waals surface area contributed by atoms with Crippen molar-refractivity contribution in [2.75, 3.05) is 10.6 Å². The van der Waals surface area contributed by atoms with Gasteiger partial charge in [-0.25, -0.2) is 4.90 Å². The lowest BCUT2D eigenvalue weighted by Gasteiger charge is -2.18. The maximum absolute atomic E-state index is 12.2. The van der Waals surface area contributed by atoms with Gasteiger partial charge < -0.3 is 11.1 Å². The highest BCUT2D eigenvalue weighted by molar-refractivity contribution is 6.45. The van der Waals surface area contributed by atoms with Gasteiger partial charge in [0.25, 0.3) is 0 Å². The van der Waals surface area contributed by atoms with E-state index in [1.165, 1.54) is 19.1 Å². The van der Waals surface area contributed by atoms with Crippen LogP contribution in [0.3, 0.4) is 0 Å². The molecule has 1 aromatic carbocycles. The Morgan fingerprint density at radius 2 is 1.87 bits per heavy atom. The fourth-order valence-corrected chi connectivity index (χ4v) is 1.93. The summed E-state index contributed by atoms with van der Waals surface area (Å²) in [6, 6.07) is 9.59. The summed E-state index contributed by atoms with van der Waals surface area (Å²) in [5.74, 6) is -2.39. The zero-order valence-electron chi connectivity index (χ0n) is 12.5. The third kappa shape index (κ3) is 4.13. The number of rotatable bonds is 3. The van der Waals surface area contributed by atoms with Crippen LogP contribution in [0.4, 0.5) is 11.4 Å². The van der Waals surface area contributed by atoms with Crippen molar-refractivity contribution in [2.24, 2.45) is 0 Å². The molecule has 0 saturated carbocycles. The molecule has 7 heteroatoms. The van der Waals surface area contributed by atoms with E-state index in [1.807, 2.05) is 0 Å². The van der Waals surface area contributed by atoms with Crippen molar-refractivity contribution >= 4 is 29.1 Å². The number of nitrogens with two attached hydrogens (primary N) is 1. The molecule has 3 amide bonds. The number of nitrogens with zero attached hydrogens (tertiary/aromatic N) is 2. The molecule has 23 heavy (non-hydrogen) atoms. The summed E-state index contributed by atoms with van der Waals surface area (Å²) in [7, 11) is 0. The fourth-order valence-electron chi connectivity index (χ4n) is 1.93. The zero-order valence-corrected chi connectivity index (χ0v) is 12.5. The molecule has 3 N–H and O–H groups in total. The van der Waals surface area contributed by atoms with Crippen LogP contribution in [0.1, 0.15) is 12.5 Å². The van der Waals surface area contributed by atoms with Crippen LogP contribution in [-0.4, -0.2) is 22.7 Å². The van der Waals surface area contributed by atoms with Crippen LogP contribution < -0.4 is 16.0 Å². The lowest BCUT2D eigenvalue weighted by Crippen LogP contribution is -2.45. The Morgan fingerprint density at radius 1 is 1.17 bits per heavy atom. The molecule has 0 aliphatic heterocycles. The van der Waals surface area contributed by atoms with E-state index in [2.05, 4.69) is 10.3 Å². The molecule has 0 bridgehead atoms. The normalized spacial score (nSPS) is 9.96. The number of carbonyl (C=O) groups excluding carboxylic acids is 3. The van der Waals surface area contributed by atoms with Crippen molar-refractivity contribution in [3.05, 3.63) is 54.4 Å². The van der Waals surface area contributed by atoms with Crippen LogP contribution in [0.5, 0.6) is 0 Å². The SMILES string of the molecule is CC(=O)N(C(=O)C(=O)NCc1cccnc1)c1ccc(N)cc1. The minimum absolute atomic E-state index is 0.145. The van der Waals surface area contributed by atoms with Gasteiger partial charge in [0.2, 0.25) is 5.91 Å². The molecule has 0 radical (unpaired) electrons. The first-order valence-corrected chi connectivity index (χ1v) is 6.86. The van der Waals surface area contributed by atoms with Gasteiger partial charge in [-0.3, -0.25) is 19.4 Å². The van der Waals surface area contributed by atoms with Crippen molar-refractivity contribution in [1.29, 1.82) is 0 Å². The minimum atomic E-state index is -0.953. The van der Waals surface area contributed by atoms with Crippen molar-refractivity contribution in [3.8, 4) is 0 Å². The summed E-state index contributed by atoms with van der Waals surface area (Å²) in [6.45, 7) is 1.36. The highest BCUT2D eigenvalue weighted by Gasteiger charge is 2.26. The Bertz CT molecular complexity index is 714. The summed E-state index contributed by atoms with van der Waals surface area (Å²) in [5.41, 5.74) is 7.10. The smallest absolute Gasteiger partial charge is 0.323 e. The van der Waals surface area contributed by atoms with Gasteiger partial charge >= 0.3 is 11.8 Å². The van der Waals surface area contributed by atoms with E-state index >= 15 is 0 Å². The first kappa shape index (κ1) is 16.2. The van der Waals surface area contributed by atoms with Gasteiger partial charge in [0.1, 0.15) is 0 Å². The van der Waals surface area contributed by atoms with Crippen LogP contribution in [-0.2, 0) is 20.9 Å². The van der Waals surface area contributed by atoms with Gasteiger partial charge in [-0.2, -0.15) is 0 Å². The van der Waals surface area contributed by atoms with Gasteiger partial charge in [-0.1, -0.05) is 6.07 Å². The number of benzene rings is 1. The quantitative estimate of drug-likeness (QED) is 0.646. The van der Waals surface area contributed by atoms with Gasteiger partial charge in [-0.05, 0) is 35.9 Å². The molecule has 0 aliphatic rings. The molecule has 118 valence electrons. The summed E-state index contributed by atoms with van der Waals surface area (Å²) in [6.07, 6.45) is 3.18. The van der Waals surface area contributed by atoms with E-state index in [-0.39, 0.29) is 12.2 Å². The van der Waals surface area contributed by atoms with Crippen LogP contribution in [0, 0.1) is 0 Å². The second kappa shape index (κ2) is 7.17. The van der Waals surface area contributed by atoms with Crippen molar-refractivity contribution in [2.45, 2.75) is 13.5 Å². The van der Waals surface area contributed by atoms with Gasteiger partial charge in [0.05, 0.1) is 5.69 Å². The molecule has 1 aromatic heterocycles. The molecule has 0 fully saturated rings. The number of carbonyl (C=O) groups is 3. The van der Waals surface area contributed by atoms with Crippen LogP contribution in [0.15, 0.2) is 48.8 Å². The van der Waals surface area contributed by atoms with Gasteiger partial charge in [-0.15, -0.1) is 0 Å². The number of hydrogen-bond donors (Lipinski definition) is 2. The summed E-state index contributed by atoms with van der Waals surface area (Å²) < 4.78 is 0. The average molecular weight is 312 g/mol. The van der Waals surface area contributed by atoms with E-state index in [0.717, 1.165) is 10.5 Å². The van der Waals surface area contributed by atoms with Gasteiger partial charge in [0, 0.05) is 31.5 Å². The van der Waals surface area contributed by atoms with Crippen LogP contribution in [0.2, 0.25) is 0 Å². The average Bonchev–Trinajstić information content (AvgIpc) is 2.55. The van der Waals surface area contributed by atoms with E-state index in [4.69, 9.17) is 5.73 Å². The highest BCUT2D eigenvalue weighted by atomic mass is 16.2. The summed E-state index contributed by atoms with van der Waals surface area (Å²) >= 11 is 0. The second-order valence-electron chi connectivity index (χ2n) is 4.80. The molecule has 0 aliphatic carbocycles. The van der Waals surface area contributed by atoms with Crippen LogP contribution in [0.25, 0.3) is 0 Å². The van der Waals surface area contributed by atoms with E-state index in [9.17, 15) is 14.4 Å². The predicted octanol–water partition coefficient (Wildman–Crippen LogP) is 0.860. The third-order valence-corrected chi connectivity index (χ3v) is 3.04. The molecule has 0 saturated heterocycles. The largest absolute Gasteiger partial charge is 0.399 e. The second-order valence-corrected chi connectivity index (χ2v) is 4.80. The number of imide groups is 1. The number of amides is 3. The molecule has 1 heterocycles. The minimum Gasteiger partial charge on any atom is -0.399 e. The monoisotopic (exact) mass is 312 g/mol. The van der Waals surface area contributed by atoms with Crippen molar-refractivity contribution in [3.63, 3.8) is 0 Å². The Morgan fingerprint density at radius 3 is 2.43 bits per heavy atom. The molecular weight excluding hydrogens is 296 g/mol. The Balaban J connectivity index is 2.10. The maximum Gasteiger partial charge on any atom is 0.323 e. The number of nitrogens with one attached hydrogen (secondary N) is 1. The van der Waals surface area contributed by atoms with Gasteiger partial charge in [0.15, 0.2) is 0 Å². The van der Waals surface area contributed by atoms with Crippen molar-refractivity contribution < 1.29 is 14.4 Å². The molecule has 0 spiro atoms. The zero-order chi connectivity index (χ0) is 16.8. The predicted molar refractivity (Wildman–Crippen MR) is 85.1 cm³/mol. The summed E-state index contributed by atoms with van der Waals surface area (Å²) in [4.78, 5) is 40.7. The topological polar surface area (TPSA) is 105 Å². The lowest BCUT2D eigenvalue weighted by molar-refractivity contribution is -0.139. The standard InChI is InChI=1S/C16H16N4O3/c1-11(21)20(14-6-4-13(17)5-7-14)16(23)15(22)19-10-12-3-2-8-18-9-12/h2-9H,10,17H2,1H3,(H,19,22). The number of nitrogen functional groups attached to an aromatic ring is 1. The third-order valence-electron chi connectivity index (χ3n) is 3.04.